The van der Waals surface area contributed by atoms with Crippen molar-refractivity contribution in [3.05, 3.63) is 66.1 Å². The van der Waals surface area contributed by atoms with Crippen molar-refractivity contribution in [1.82, 2.24) is 14.8 Å². The minimum Gasteiger partial charge on any atom is -0.491 e. The molecule has 1 aliphatic heterocycles. The number of rotatable bonds is 9. The number of hydrogen-bond acceptors (Lipinski definition) is 5. The van der Waals surface area contributed by atoms with E-state index in [4.69, 9.17) is 9.15 Å². The van der Waals surface area contributed by atoms with E-state index >= 15 is 0 Å². The third-order valence-corrected chi connectivity index (χ3v) is 7.26. The average Bonchev–Trinajstić information content (AvgIpc) is 3.59. The standard InChI is InChI=1S/C30H33N3O4/c1-6-32(7-2)19(5)17-37-25-13-12-22(28-21(25)14-15-36-28)26-27(30(35)31-29(26)34)23-16-33(18(3)4)24-11-9-8-10-20(23)24/h8-16,18-19H,6-7,17H2,1-5H3,(H,31,34,35). The van der Waals surface area contributed by atoms with Crippen molar-refractivity contribution < 1.29 is 18.7 Å². The van der Waals surface area contributed by atoms with Crippen LogP contribution in [0.25, 0.3) is 33.0 Å². The Morgan fingerprint density at radius 3 is 2.32 bits per heavy atom. The van der Waals surface area contributed by atoms with Crippen LogP contribution in [0.2, 0.25) is 0 Å². The molecule has 192 valence electrons. The Kier molecular flexibility index (Phi) is 6.65. The predicted molar refractivity (Wildman–Crippen MR) is 146 cm³/mol. The third-order valence-electron chi connectivity index (χ3n) is 7.26. The first kappa shape index (κ1) is 24.8. The van der Waals surface area contributed by atoms with Crippen LogP contribution in [0.15, 0.2) is 59.3 Å². The molecule has 2 aromatic carbocycles. The topological polar surface area (TPSA) is 76.7 Å². The molecule has 7 nitrogen and oxygen atoms in total. The smallest absolute Gasteiger partial charge is 0.259 e. The van der Waals surface area contributed by atoms with Gasteiger partial charge in [0.1, 0.15) is 17.9 Å². The molecule has 0 radical (unpaired) electrons. The number of hydrogen-bond donors (Lipinski definition) is 1. The summed E-state index contributed by atoms with van der Waals surface area (Å²) in [5.41, 5.74) is 3.53. The van der Waals surface area contributed by atoms with E-state index in [1.807, 2.05) is 48.7 Å². The van der Waals surface area contributed by atoms with Crippen molar-refractivity contribution in [1.29, 1.82) is 0 Å². The summed E-state index contributed by atoms with van der Waals surface area (Å²) in [5, 5.41) is 4.21. The molecule has 1 unspecified atom stereocenters. The lowest BCUT2D eigenvalue weighted by Crippen LogP contribution is -2.36. The highest BCUT2D eigenvalue weighted by molar-refractivity contribution is 6.50. The summed E-state index contributed by atoms with van der Waals surface area (Å²) in [6.45, 7) is 13.1. The second kappa shape index (κ2) is 9.90. The van der Waals surface area contributed by atoms with Gasteiger partial charge >= 0.3 is 0 Å². The summed E-state index contributed by atoms with van der Waals surface area (Å²) in [4.78, 5) is 28.7. The lowest BCUT2D eigenvalue weighted by molar-refractivity contribution is -0.122. The van der Waals surface area contributed by atoms with Gasteiger partial charge in [-0.15, -0.1) is 0 Å². The van der Waals surface area contributed by atoms with Crippen LogP contribution in [0, 0.1) is 0 Å². The molecular weight excluding hydrogens is 466 g/mol. The zero-order valence-corrected chi connectivity index (χ0v) is 22.0. The van der Waals surface area contributed by atoms with Gasteiger partial charge in [0.2, 0.25) is 0 Å². The zero-order chi connectivity index (χ0) is 26.3. The van der Waals surface area contributed by atoms with Gasteiger partial charge in [-0.3, -0.25) is 19.8 Å². The van der Waals surface area contributed by atoms with E-state index in [1.54, 1.807) is 6.26 Å². The molecule has 1 N–H and O–H groups in total. The number of aromatic nitrogens is 1. The summed E-state index contributed by atoms with van der Waals surface area (Å²) in [6, 6.07) is 13.9. The maximum absolute atomic E-state index is 13.2. The average molecular weight is 500 g/mol. The molecule has 0 bridgehead atoms. The van der Waals surface area contributed by atoms with Crippen LogP contribution >= 0.6 is 0 Å². The molecule has 4 aromatic rings. The minimum absolute atomic E-state index is 0.190. The molecule has 1 atom stereocenters. The molecule has 7 heteroatoms. The number of amides is 2. The number of furan rings is 1. The Balaban J connectivity index is 1.62. The van der Waals surface area contributed by atoms with Crippen molar-refractivity contribution >= 4 is 44.8 Å². The molecule has 0 saturated carbocycles. The summed E-state index contributed by atoms with van der Waals surface area (Å²) in [5.74, 6) is -0.141. The fourth-order valence-electron chi connectivity index (χ4n) is 5.32. The van der Waals surface area contributed by atoms with Gasteiger partial charge < -0.3 is 13.7 Å². The van der Waals surface area contributed by atoms with E-state index in [0.717, 1.165) is 34.9 Å². The van der Waals surface area contributed by atoms with Crippen molar-refractivity contribution in [3.63, 3.8) is 0 Å². The zero-order valence-electron chi connectivity index (χ0n) is 22.0. The van der Waals surface area contributed by atoms with E-state index < -0.39 is 11.8 Å². The van der Waals surface area contributed by atoms with Gasteiger partial charge in [0.05, 0.1) is 22.8 Å². The highest BCUT2D eigenvalue weighted by atomic mass is 16.5. The van der Waals surface area contributed by atoms with E-state index in [1.165, 1.54) is 0 Å². The largest absolute Gasteiger partial charge is 0.491 e. The van der Waals surface area contributed by atoms with Crippen molar-refractivity contribution in [2.45, 2.75) is 46.7 Å². The van der Waals surface area contributed by atoms with Gasteiger partial charge in [0.25, 0.3) is 11.8 Å². The molecule has 0 saturated heterocycles. The quantitative estimate of drug-likeness (QED) is 0.302. The van der Waals surface area contributed by atoms with E-state index in [2.05, 4.69) is 49.4 Å². The maximum atomic E-state index is 13.2. The minimum atomic E-state index is -0.428. The van der Waals surface area contributed by atoms with Gasteiger partial charge in [-0.2, -0.15) is 0 Å². The van der Waals surface area contributed by atoms with Gasteiger partial charge in [-0.25, -0.2) is 0 Å². The Morgan fingerprint density at radius 1 is 0.919 bits per heavy atom. The van der Waals surface area contributed by atoms with Crippen molar-refractivity contribution in [3.8, 4) is 5.75 Å². The molecule has 3 heterocycles. The van der Waals surface area contributed by atoms with E-state index in [-0.39, 0.29) is 12.1 Å². The third kappa shape index (κ3) is 4.23. The number of ether oxygens (including phenoxy) is 1. The SMILES string of the molecule is CCN(CC)C(C)COc1ccc(C2=C(c3cn(C(C)C)c4ccccc34)C(=O)NC2=O)c2occc12. The summed E-state index contributed by atoms with van der Waals surface area (Å²) < 4.78 is 14.2. The molecule has 2 amide bonds. The molecule has 0 fully saturated rings. The molecule has 37 heavy (non-hydrogen) atoms. The first-order chi connectivity index (χ1) is 17.8. The van der Waals surface area contributed by atoms with Crippen molar-refractivity contribution in [2.75, 3.05) is 19.7 Å². The second-order valence-corrected chi connectivity index (χ2v) is 9.75. The maximum Gasteiger partial charge on any atom is 0.259 e. The van der Waals surface area contributed by atoms with Crippen LogP contribution in [-0.4, -0.2) is 47.0 Å². The molecule has 0 aliphatic carbocycles. The normalized spacial score (nSPS) is 15.0. The first-order valence-electron chi connectivity index (χ1n) is 12.9. The van der Waals surface area contributed by atoms with Crippen LogP contribution in [0.3, 0.4) is 0 Å². The van der Waals surface area contributed by atoms with Gasteiger partial charge in [-0.05, 0) is 58.1 Å². The number of para-hydroxylation sites is 1. The van der Waals surface area contributed by atoms with E-state index in [9.17, 15) is 9.59 Å². The van der Waals surface area contributed by atoms with Crippen LogP contribution in [-0.2, 0) is 9.59 Å². The molecule has 1 aliphatic rings. The highest BCUT2D eigenvalue weighted by Gasteiger charge is 2.35. The van der Waals surface area contributed by atoms with Crippen LogP contribution < -0.4 is 10.1 Å². The number of carbonyl (C=O) groups excluding carboxylic acids is 2. The summed E-state index contributed by atoms with van der Waals surface area (Å²) >= 11 is 0. The van der Waals surface area contributed by atoms with Gasteiger partial charge in [0.15, 0.2) is 0 Å². The summed E-state index contributed by atoms with van der Waals surface area (Å²) in [7, 11) is 0. The van der Waals surface area contributed by atoms with Gasteiger partial charge in [-0.1, -0.05) is 32.0 Å². The highest BCUT2D eigenvalue weighted by Crippen LogP contribution is 2.41. The fourth-order valence-corrected chi connectivity index (χ4v) is 5.32. The number of fused-ring (bicyclic) bond motifs is 2. The number of benzene rings is 2. The number of likely N-dealkylation sites (N-methyl/N-ethyl adjacent to an activating group) is 1. The first-order valence-corrected chi connectivity index (χ1v) is 12.9. The van der Waals surface area contributed by atoms with Gasteiger partial charge in [0, 0.05) is 40.3 Å². The number of nitrogens with one attached hydrogen (secondary N) is 1. The van der Waals surface area contributed by atoms with Crippen LogP contribution in [0.5, 0.6) is 5.75 Å². The Morgan fingerprint density at radius 2 is 1.62 bits per heavy atom. The number of carbonyl (C=O) groups is 2. The molecular formula is C30H33N3O4. The monoisotopic (exact) mass is 499 g/mol. The fraction of sp³-hybridized carbons (Fsp3) is 0.333. The molecule has 2 aromatic heterocycles. The predicted octanol–water partition coefficient (Wildman–Crippen LogP) is 5.64. The molecule has 0 spiro atoms. The Labute approximate surface area is 216 Å². The van der Waals surface area contributed by atoms with Crippen LogP contribution in [0.4, 0.5) is 0 Å². The van der Waals surface area contributed by atoms with Crippen molar-refractivity contribution in [2.24, 2.45) is 0 Å². The lowest BCUT2D eigenvalue weighted by Gasteiger charge is -2.26. The Bertz CT molecular complexity index is 1520. The summed E-state index contributed by atoms with van der Waals surface area (Å²) in [6.07, 6.45) is 3.56. The second-order valence-electron chi connectivity index (χ2n) is 9.75. The number of imide groups is 1. The lowest BCUT2D eigenvalue weighted by atomic mass is 9.95. The molecule has 5 rings (SSSR count). The Hall–Kier alpha value is -3.84. The van der Waals surface area contributed by atoms with E-state index in [0.29, 0.717) is 34.6 Å². The number of nitrogens with zero attached hydrogens (tertiary/aromatic N) is 2. The van der Waals surface area contributed by atoms with Crippen LogP contribution in [0.1, 0.15) is 51.8 Å².